The van der Waals surface area contributed by atoms with Gasteiger partial charge in [0.05, 0.1) is 5.56 Å². The smallest absolute Gasteiger partial charge is 0.254 e. The van der Waals surface area contributed by atoms with Gasteiger partial charge >= 0.3 is 0 Å². The summed E-state index contributed by atoms with van der Waals surface area (Å²) in [6.45, 7) is 3.54. The van der Waals surface area contributed by atoms with Crippen molar-refractivity contribution in [3.8, 4) is 0 Å². The highest BCUT2D eigenvalue weighted by molar-refractivity contribution is 9.10. The van der Waals surface area contributed by atoms with Crippen LogP contribution >= 0.6 is 28.3 Å². The van der Waals surface area contributed by atoms with Gasteiger partial charge < -0.3 is 10.6 Å². The lowest BCUT2D eigenvalue weighted by molar-refractivity contribution is 0.0714. The van der Waals surface area contributed by atoms with E-state index in [9.17, 15) is 4.79 Å². The lowest BCUT2D eigenvalue weighted by Crippen LogP contribution is -2.42. The van der Waals surface area contributed by atoms with Gasteiger partial charge in [-0.15, -0.1) is 12.4 Å². The Morgan fingerprint density at radius 1 is 1.39 bits per heavy atom. The van der Waals surface area contributed by atoms with Crippen molar-refractivity contribution < 1.29 is 4.79 Å². The molecule has 0 radical (unpaired) electrons. The number of nitrogens with two attached hydrogens (primary N) is 1. The molecule has 0 spiro atoms. The molecule has 1 aliphatic rings. The summed E-state index contributed by atoms with van der Waals surface area (Å²) in [6, 6.07) is 6.08. The van der Waals surface area contributed by atoms with E-state index in [1.807, 2.05) is 30.0 Å². The van der Waals surface area contributed by atoms with Gasteiger partial charge in [0.1, 0.15) is 0 Å². The van der Waals surface area contributed by atoms with Crippen molar-refractivity contribution in [3.05, 3.63) is 33.8 Å². The molecule has 1 aromatic carbocycles. The number of likely N-dealkylation sites (tertiary alicyclic amines) is 1. The van der Waals surface area contributed by atoms with Crippen LogP contribution in [-0.4, -0.2) is 29.9 Å². The van der Waals surface area contributed by atoms with Crippen LogP contribution in [0.4, 0.5) is 0 Å². The van der Waals surface area contributed by atoms with Crippen LogP contribution in [0, 0.1) is 6.92 Å². The topological polar surface area (TPSA) is 46.3 Å². The molecule has 1 fully saturated rings. The lowest BCUT2D eigenvalue weighted by atomic mass is 10.0. The first kappa shape index (κ1) is 15.5. The Morgan fingerprint density at radius 3 is 2.56 bits per heavy atom. The van der Waals surface area contributed by atoms with Crippen LogP contribution in [0.25, 0.3) is 0 Å². The molecule has 0 unspecified atom stereocenters. The zero-order valence-electron chi connectivity index (χ0n) is 10.4. The van der Waals surface area contributed by atoms with Crippen molar-refractivity contribution in [2.75, 3.05) is 13.1 Å². The molecule has 3 nitrogen and oxygen atoms in total. The van der Waals surface area contributed by atoms with Crippen molar-refractivity contribution in [1.82, 2.24) is 4.90 Å². The molecular weight excluding hydrogens is 316 g/mol. The van der Waals surface area contributed by atoms with Crippen LogP contribution < -0.4 is 5.73 Å². The molecule has 0 saturated carbocycles. The summed E-state index contributed by atoms with van der Waals surface area (Å²) in [4.78, 5) is 14.2. The van der Waals surface area contributed by atoms with Crippen LogP contribution in [-0.2, 0) is 0 Å². The van der Waals surface area contributed by atoms with E-state index in [0.717, 1.165) is 41.5 Å². The Balaban J connectivity index is 0.00000162. The molecule has 1 aliphatic heterocycles. The SMILES string of the molecule is Cc1ccc(C(=O)N2CCC(N)CC2)c(Br)c1.Cl. The largest absolute Gasteiger partial charge is 0.338 e. The van der Waals surface area contributed by atoms with E-state index >= 15 is 0 Å². The number of piperidine rings is 1. The van der Waals surface area contributed by atoms with Crippen LogP contribution in [0.5, 0.6) is 0 Å². The first-order valence-corrected chi connectivity index (χ1v) is 6.68. The van der Waals surface area contributed by atoms with Gasteiger partial charge in [-0.25, -0.2) is 0 Å². The highest BCUT2D eigenvalue weighted by Crippen LogP contribution is 2.21. The minimum atomic E-state index is 0. The number of carbonyl (C=O) groups excluding carboxylic acids is 1. The summed E-state index contributed by atoms with van der Waals surface area (Å²) in [7, 11) is 0. The maximum atomic E-state index is 12.3. The number of halogens is 2. The summed E-state index contributed by atoms with van der Waals surface area (Å²) in [5, 5.41) is 0. The predicted molar refractivity (Wildman–Crippen MR) is 79.2 cm³/mol. The van der Waals surface area contributed by atoms with E-state index in [1.54, 1.807) is 0 Å². The normalized spacial score (nSPS) is 16.3. The second-order valence-corrected chi connectivity index (χ2v) is 5.47. The molecule has 1 aromatic rings. The third kappa shape index (κ3) is 3.46. The maximum Gasteiger partial charge on any atom is 0.254 e. The molecule has 1 heterocycles. The lowest BCUT2D eigenvalue weighted by Gasteiger charge is -2.30. The van der Waals surface area contributed by atoms with Gasteiger partial charge in [-0.2, -0.15) is 0 Å². The molecule has 2 N–H and O–H groups in total. The molecular formula is C13H18BrClN2O. The van der Waals surface area contributed by atoms with Gasteiger partial charge in [0, 0.05) is 23.6 Å². The summed E-state index contributed by atoms with van der Waals surface area (Å²) in [5.41, 5.74) is 7.73. The number of benzene rings is 1. The van der Waals surface area contributed by atoms with Crippen LogP contribution in [0.3, 0.4) is 0 Å². The Kier molecular flexibility index (Phi) is 5.63. The number of nitrogens with zero attached hydrogens (tertiary/aromatic N) is 1. The summed E-state index contributed by atoms with van der Waals surface area (Å²) < 4.78 is 0.873. The average Bonchev–Trinajstić information content (AvgIpc) is 2.29. The van der Waals surface area contributed by atoms with Crippen molar-refractivity contribution in [2.45, 2.75) is 25.8 Å². The quantitative estimate of drug-likeness (QED) is 0.859. The molecule has 0 bridgehead atoms. The van der Waals surface area contributed by atoms with E-state index in [-0.39, 0.29) is 24.4 Å². The van der Waals surface area contributed by atoms with E-state index in [4.69, 9.17) is 5.73 Å². The monoisotopic (exact) mass is 332 g/mol. The van der Waals surface area contributed by atoms with Gasteiger partial charge in [-0.3, -0.25) is 4.79 Å². The van der Waals surface area contributed by atoms with Gasteiger partial charge in [0.25, 0.3) is 5.91 Å². The second-order valence-electron chi connectivity index (χ2n) is 4.61. The van der Waals surface area contributed by atoms with Crippen LogP contribution in [0.1, 0.15) is 28.8 Å². The number of amides is 1. The Bertz CT molecular complexity index is 431. The minimum absolute atomic E-state index is 0. The zero-order chi connectivity index (χ0) is 12.4. The van der Waals surface area contributed by atoms with Gasteiger partial charge in [-0.05, 0) is 53.4 Å². The van der Waals surface area contributed by atoms with Crippen LogP contribution in [0.15, 0.2) is 22.7 Å². The first-order valence-electron chi connectivity index (χ1n) is 5.89. The number of hydrogen-bond donors (Lipinski definition) is 1. The Labute approximate surface area is 122 Å². The highest BCUT2D eigenvalue weighted by atomic mass is 79.9. The second kappa shape index (κ2) is 6.55. The Morgan fingerprint density at radius 2 is 2.00 bits per heavy atom. The van der Waals surface area contributed by atoms with Crippen molar-refractivity contribution in [1.29, 1.82) is 0 Å². The number of carbonyl (C=O) groups is 1. The van der Waals surface area contributed by atoms with Gasteiger partial charge in [-0.1, -0.05) is 6.07 Å². The molecule has 2 rings (SSSR count). The van der Waals surface area contributed by atoms with Crippen molar-refractivity contribution in [2.24, 2.45) is 5.73 Å². The van der Waals surface area contributed by atoms with Crippen LogP contribution in [0.2, 0.25) is 0 Å². The Hall–Kier alpha value is -0.580. The van der Waals surface area contributed by atoms with E-state index in [1.165, 1.54) is 0 Å². The summed E-state index contributed by atoms with van der Waals surface area (Å²) in [6.07, 6.45) is 1.80. The minimum Gasteiger partial charge on any atom is -0.338 e. The van der Waals surface area contributed by atoms with E-state index in [2.05, 4.69) is 15.9 Å². The van der Waals surface area contributed by atoms with Gasteiger partial charge in [0.15, 0.2) is 0 Å². The maximum absolute atomic E-state index is 12.3. The molecule has 0 aromatic heterocycles. The van der Waals surface area contributed by atoms with E-state index in [0.29, 0.717) is 0 Å². The standard InChI is InChI=1S/C13H17BrN2O.ClH/c1-9-2-3-11(12(14)8-9)13(17)16-6-4-10(15)5-7-16;/h2-3,8,10H,4-7,15H2,1H3;1H. The third-order valence-corrected chi connectivity index (χ3v) is 3.84. The fourth-order valence-electron chi connectivity index (χ4n) is 2.07. The number of hydrogen-bond acceptors (Lipinski definition) is 2. The fourth-order valence-corrected chi connectivity index (χ4v) is 2.73. The molecule has 0 atom stereocenters. The number of aryl methyl sites for hydroxylation is 1. The molecule has 100 valence electrons. The molecule has 18 heavy (non-hydrogen) atoms. The van der Waals surface area contributed by atoms with Crippen molar-refractivity contribution >= 4 is 34.2 Å². The molecule has 1 saturated heterocycles. The van der Waals surface area contributed by atoms with Crippen molar-refractivity contribution in [3.63, 3.8) is 0 Å². The summed E-state index contributed by atoms with van der Waals surface area (Å²) in [5.74, 6) is 0.101. The van der Waals surface area contributed by atoms with Gasteiger partial charge in [0.2, 0.25) is 0 Å². The highest BCUT2D eigenvalue weighted by Gasteiger charge is 2.22. The fraction of sp³-hybridized carbons (Fsp3) is 0.462. The third-order valence-electron chi connectivity index (χ3n) is 3.18. The predicted octanol–water partition coefficient (Wildman–Crippen LogP) is 2.74. The molecule has 1 amide bonds. The molecule has 0 aliphatic carbocycles. The first-order chi connectivity index (χ1) is 8.08. The summed E-state index contributed by atoms with van der Waals surface area (Å²) >= 11 is 3.45. The zero-order valence-corrected chi connectivity index (χ0v) is 12.8. The number of rotatable bonds is 1. The molecule has 5 heteroatoms. The van der Waals surface area contributed by atoms with E-state index < -0.39 is 0 Å². The average molecular weight is 334 g/mol.